The number of hydrogen-bond acceptors (Lipinski definition) is 6. The summed E-state index contributed by atoms with van der Waals surface area (Å²) < 4.78 is 32.7. The highest BCUT2D eigenvalue weighted by atomic mass is 32.2. The van der Waals surface area contributed by atoms with E-state index in [-0.39, 0.29) is 16.5 Å². The summed E-state index contributed by atoms with van der Waals surface area (Å²) in [5.74, 6) is 0.688. The number of piperidine rings is 1. The zero-order valence-corrected chi connectivity index (χ0v) is 19.6. The zero-order chi connectivity index (χ0) is 22.7. The van der Waals surface area contributed by atoms with Crippen LogP contribution in [0.25, 0.3) is 10.6 Å². The third-order valence-corrected chi connectivity index (χ3v) is 8.20. The number of aromatic nitrogens is 1. The molecule has 7 nitrogen and oxygen atoms in total. The second-order valence-electron chi connectivity index (χ2n) is 7.83. The molecule has 4 rings (SSSR count). The Hall–Kier alpha value is -2.75. The zero-order valence-electron chi connectivity index (χ0n) is 17.9. The fourth-order valence-electron chi connectivity index (χ4n) is 3.74. The van der Waals surface area contributed by atoms with Gasteiger partial charge in [0.2, 0.25) is 10.0 Å². The molecule has 1 N–H and O–H groups in total. The van der Waals surface area contributed by atoms with Gasteiger partial charge in [-0.25, -0.2) is 13.4 Å². The minimum Gasteiger partial charge on any atom is -0.496 e. The lowest BCUT2D eigenvalue weighted by Crippen LogP contribution is -2.39. The van der Waals surface area contributed by atoms with Crippen LogP contribution in [0.5, 0.6) is 5.75 Å². The van der Waals surface area contributed by atoms with Gasteiger partial charge in [-0.1, -0.05) is 19.1 Å². The fourth-order valence-corrected chi connectivity index (χ4v) is 6.17. The highest BCUT2D eigenvalue weighted by Gasteiger charge is 2.28. The molecular weight excluding hydrogens is 446 g/mol. The molecule has 1 atom stereocenters. The molecule has 0 bridgehead atoms. The lowest BCUT2D eigenvalue weighted by atomic mass is 10.0. The molecule has 1 aliphatic heterocycles. The van der Waals surface area contributed by atoms with Crippen molar-refractivity contribution in [1.29, 1.82) is 0 Å². The Kier molecular flexibility index (Phi) is 6.59. The van der Waals surface area contributed by atoms with Crippen molar-refractivity contribution in [2.45, 2.75) is 24.7 Å². The van der Waals surface area contributed by atoms with Crippen LogP contribution < -0.4 is 10.1 Å². The van der Waals surface area contributed by atoms with Gasteiger partial charge in [0.05, 0.1) is 17.6 Å². The molecule has 1 aromatic heterocycles. The lowest BCUT2D eigenvalue weighted by Gasteiger charge is -2.30. The van der Waals surface area contributed by atoms with E-state index in [4.69, 9.17) is 4.74 Å². The fraction of sp³-hybridized carbons (Fsp3) is 0.304. The standard InChI is InChI=1S/C23H25N3O4S2/c1-16-6-5-13-26(14-16)32(28,29)18-11-9-17(10-12-18)24-22(27)20-15-31-23(25-20)19-7-3-4-8-21(19)30-2/h3-4,7-12,15-16H,5-6,13-14H2,1-2H3,(H,24,27). The molecule has 1 aliphatic rings. The third-order valence-electron chi connectivity index (χ3n) is 5.44. The Morgan fingerprint density at radius 1 is 1.19 bits per heavy atom. The number of carbonyl (C=O) groups is 1. The van der Waals surface area contributed by atoms with Crippen LogP contribution in [0.1, 0.15) is 30.3 Å². The average molecular weight is 472 g/mol. The van der Waals surface area contributed by atoms with Crippen molar-refractivity contribution in [2.75, 3.05) is 25.5 Å². The Morgan fingerprint density at radius 2 is 1.94 bits per heavy atom. The highest BCUT2D eigenvalue weighted by Crippen LogP contribution is 2.32. The topological polar surface area (TPSA) is 88.6 Å². The summed E-state index contributed by atoms with van der Waals surface area (Å²) >= 11 is 1.36. The molecule has 2 heterocycles. The number of methoxy groups -OCH3 is 1. The van der Waals surface area contributed by atoms with Gasteiger partial charge in [0.25, 0.3) is 5.91 Å². The Morgan fingerprint density at radius 3 is 2.66 bits per heavy atom. The van der Waals surface area contributed by atoms with Crippen molar-refractivity contribution < 1.29 is 17.9 Å². The normalized spacial score (nSPS) is 17.1. The first-order chi connectivity index (χ1) is 15.4. The van der Waals surface area contributed by atoms with Crippen molar-refractivity contribution in [3.63, 3.8) is 0 Å². The van der Waals surface area contributed by atoms with Gasteiger partial charge < -0.3 is 10.1 Å². The number of amides is 1. The number of nitrogens with zero attached hydrogens (tertiary/aromatic N) is 2. The molecule has 0 aliphatic carbocycles. The van der Waals surface area contributed by atoms with E-state index in [0.717, 1.165) is 18.4 Å². The monoisotopic (exact) mass is 471 g/mol. The summed E-state index contributed by atoms with van der Waals surface area (Å²) in [7, 11) is -1.94. The second kappa shape index (κ2) is 9.40. The summed E-state index contributed by atoms with van der Waals surface area (Å²) in [5.41, 5.74) is 1.61. The van der Waals surface area contributed by atoms with Gasteiger partial charge in [0, 0.05) is 24.2 Å². The molecule has 1 amide bonds. The molecule has 1 saturated heterocycles. The van der Waals surface area contributed by atoms with Gasteiger partial charge in [0.15, 0.2) is 0 Å². The van der Waals surface area contributed by atoms with Crippen LogP contribution in [0.4, 0.5) is 5.69 Å². The van der Waals surface area contributed by atoms with Crippen molar-refractivity contribution in [3.8, 4) is 16.3 Å². The van der Waals surface area contributed by atoms with Crippen molar-refractivity contribution >= 4 is 33.0 Å². The number of rotatable bonds is 6. The number of ether oxygens (including phenoxy) is 1. The molecule has 1 unspecified atom stereocenters. The maximum atomic E-state index is 12.9. The number of nitrogens with one attached hydrogen (secondary N) is 1. The predicted molar refractivity (Wildman–Crippen MR) is 126 cm³/mol. The van der Waals surface area contributed by atoms with Crippen LogP contribution in [0.15, 0.2) is 58.8 Å². The minimum atomic E-state index is -3.53. The van der Waals surface area contributed by atoms with Gasteiger partial charge in [-0.3, -0.25) is 4.79 Å². The quantitative estimate of drug-likeness (QED) is 0.572. The summed E-state index contributed by atoms with van der Waals surface area (Å²) in [6, 6.07) is 13.8. The van der Waals surface area contributed by atoms with Crippen molar-refractivity contribution in [2.24, 2.45) is 5.92 Å². The lowest BCUT2D eigenvalue weighted by molar-refractivity contribution is 0.102. The van der Waals surface area contributed by atoms with E-state index >= 15 is 0 Å². The van der Waals surface area contributed by atoms with Crippen molar-refractivity contribution in [3.05, 3.63) is 59.6 Å². The average Bonchev–Trinajstić information content (AvgIpc) is 3.30. The first-order valence-electron chi connectivity index (χ1n) is 10.4. The molecule has 32 heavy (non-hydrogen) atoms. The molecule has 1 fully saturated rings. The van der Waals surface area contributed by atoms with Crippen LogP contribution in [0.3, 0.4) is 0 Å². The van der Waals surface area contributed by atoms with Gasteiger partial charge in [-0.15, -0.1) is 11.3 Å². The Bertz CT molecular complexity index is 1210. The van der Waals surface area contributed by atoms with Crippen LogP contribution >= 0.6 is 11.3 Å². The molecule has 2 aromatic carbocycles. The van der Waals surface area contributed by atoms with Crippen LogP contribution in [-0.4, -0.2) is 43.8 Å². The number of benzene rings is 2. The van der Waals surface area contributed by atoms with Gasteiger partial charge in [-0.2, -0.15) is 4.31 Å². The number of hydrogen-bond donors (Lipinski definition) is 1. The van der Waals surface area contributed by atoms with E-state index in [1.165, 1.54) is 23.5 Å². The van der Waals surface area contributed by atoms with Crippen LogP contribution in [0, 0.1) is 5.92 Å². The molecule has 168 valence electrons. The molecule has 9 heteroatoms. The predicted octanol–water partition coefficient (Wildman–Crippen LogP) is 4.49. The third kappa shape index (κ3) is 4.69. The largest absolute Gasteiger partial charge is 0.496 e. The summed E-state index contributed by atoms with van der Waals surface area (Å²) in [6.07, 6.45) is 1.92. The first-order valence-corrected chi connectivity index (χ1v) is 12.7. The van der Waals surface area contributed by atoms with E-state index in [2.05, 4.69) is 17.2 Å². The molecule has 0 spiro atoms. The molecule has 3 aromatic rings. The Labute approximate surface area is 192 Å². The molecular formula is C23H25N3O4S2. The van der Waals surface area contributed by atoms with Gasteiger partial charge >= 0.3 is 0 Å². The van der Waals surface area contributed by atoms with E-state index in [9.17, 15) is 13.2 Å². The highest BCUT2D eigenvalue weighted by molar-refractivity contribution is 7.89. The Balaban J connectivity index is 1.46. The SMILES string of the molecule is COc1ccccc1-c1nc(C(=O)Nc2ccc(S(=O)(=O)N3CCCC(C)C3)cc2)cs1. The van der Waals surface area contributed by atoms with Gasteiger partial charge in [0.1, 0.15) is 16.5 Å². The van der Waals surface area contributed by atoms with E-state index in [1.807, 2.05) is 24.3 Å². The summed E-state index contributed by atoms with van der Waals surface area (Å²) in [6.45, 7) is 3.15. The maximum Gasteiger partial charge on any atom is 0.275 e. The van der Waals surface area contributed by atoms with Gasteiger partial charge in [-0.05, 0) is 55.2 Å². The minimum absolute atomic E-state index is 0.233. The molecule has 0 radical (unpaired) electrons. The van der Waals surface area contributed by atoms with E-state index in [0.29, 0.717) is 35.5 Å². The van der Waals surface area contributed by atoms with E-state index in [1.54, 1.807) is 28.9 Å². The number of sulfonamides is 1. The number of carbonyl (C=O) groups excluding carboxylic acids is 1. The summed E-state index contributed by atoms with van der Waals surface area (Å²) in [5, 5.41) is 5.16. The second-order valence-corrected chi connectivity index (χ2v) is 10.6. The van der Waals surface area contributed by atoms with Crippen molar-refractivity contribution in [1.82, 2.24) is 9.29 Å². The number of thiazole rings is 1. The maximum absolute atomic E-state index is 12.9. The number of para-hydroxylation sites is 1. The van der Waals surface area contributed by atoms with Crippen LogP contribution in [0.2, 0.25) is 0 Å². The van der Waals surface area contributed by atoms with Crippen LogP contribution in [-0.2, 0) is 10.0 Å². The smallest absolute Gasteiger partial charge is 0.275 e. The first kappa shape index (κ1) is 22.4. The molecule has 0 saturated carbocycles. The van der Waals surface area contributed by atoms with E-state index < -0.39 is 10.0 Å². The number of anilines is 1. The summed E-state index contributed by atoms with van der Waals surface area (Å²) in [4.78, 5) is 17.3.